The zero-order valence-corrected chi connectivity index (χ0v) is 15.1. The first-order valence-corrected chi connectivity index (χ1v) is 8.75. The second-order valence-electron chi connectivity index (χ2n) is 7.05. The van der Waals surface area contributed by atoms with Crippen molar-refractivity contribution in [3.8, 4) is 0 Å². The number of benzene rings is 1. The van der Waals surface area contributed by atoms with Crippen LogP contribution in [-0.2, 0) is 20.8 Å². The van der Waals surface area contributed by atoms with Crippen LogP contribution in [0.3, 0.4) is 0 Å². The number of nitrogens with one attached hydrogen (secondary N) is 3. The Bertz CT molecular complexity index is 865. The van der Waals surface area contributed by atoms with Crippen LogP contribution in [0.1, 0.15) is 49.3 Å². The van der Waals surface area contributed by atoms with Gasteiger partial charge in [-0.15, -0.1) is 0 Å². The van der Waals surface area contributed by atoms with Gasteiger partial charge in [-0.05, 0) is 48.9 Å². The molecule has 7 nitrogen and oxygen atoms in total. The van der Waals surface area contributed by atoms with E-state index in [2.05, 4.69) is 30.0 Å². The molecular weight excluding hydrogens is 334 g/mol. The number of rotatable bonds is 4. The van der Waals surface area contributed by atoms with Crippen LogP contribution in [0.25, 0.3) is 11.0 Å². The van der Waals surface area contributed by atoms with Crippen molar-refractivity contribution in [2.75, 3.05) is 0 Å². The molecule has 0 atom stereocenters. The summed E-state index contributed by atoms with van der Waals surface area (Å²) in [5.41, 5.74) is 8.20. The first-order valence-electron chi connectivity index (χ1n) is 8.75. The molecular formula is C19H23N3O4. The third kappa shape index (κ3) is 4.04. The van der Waals surface area contributed by atoms with E-state index in [4.69, 9.17) is 4.42 Å². The third-order valence-corrected chi connectivity index (χ3v) is 4.45. The molecule has 0 unspecified atom stereocenters. The minimum absolute atomic E-state index is 0.0398. The van der Waals surface area contributed by atoms with Crippen LogP contribution in [0.5, 0.6) is 0 Å². The number of carbonyl (C=O) groups excluding carboxylic acids is 3. The Labute approximate surface area is 151 Å². The van der Waals surface area contributed by atoms with Gasteiger partial charge in [0.15, 0.2) is 0 Å². The molecule has 3 N–H and O–H groups in total. The molecule has 0 aliphatic heterocycles. The molecule has 1 aliphatic carbocycles. The van der Waals surface area contributed by atoms with Crippen molar-refractivity contribution in [2.24, 2.45) is 0 Å². The zero-order valence-electron chi connectivity index (χ0n) is 15.1. The van der Waals surface area contributed by atoms with E-state index in [-0.39, 0.29) is 12.5 Å². The normalized spacial score (nSPS) is 13.7. The molecule has 3 amide bonds. The van der Waals surface area contributed by atoms with Crippen molar-refractivity contribution in [3.05, 3.63) is 35.1 Å². The second kappa shape index (κ2) is 7.19. The number of fused-ring (bicyclic) bond motifs is 1. The highest BCUT2D eigenvalue weighted by atomic mass is 16.3. The minimum atomic E-state index is -0.875. The summed E-state index contributed by atoms with van der Waals surface area (Å²) in [5, 5.41) is 3.43. The molecule has 1 aromatic heterocycles. The van der Waals surface area contributed by atoms with E-state index in [0.717, 1.165) is 34.9 Å². The first-order chi connectivity index (χ1) is 12.3. The summed E-state index contributed by atoms with van der Waals surface area (Å²) in [6.45, 7) is 6.26. The molecule has 0 bridgehead atoms. The molecule has 0 saturated heterocycles. The van der Waals surface area contributed by atoms with Crippen molar-refractivity contribution < 1.29 is 18.8 Å². The summed E-state index contributed by atoms with van der Waals surface area (Å²) in [6.07, 6.45) is 3.36. The maximum Gasteiger partial charge on any atom is 0.327 e. The molecule has 138 valence electrons. The Morgan fingerprint density at radius 3 is 2.54 bits per heavy atom. The van der Waals surface area contributed by atoms with Crippen molar-refractivity contribution in [2.45, 2.75) is 52.0 Å². The Morgan fingerprint density at radius 2 is 1.88 bits per heavy atom. The lowest BCUT2D eigenvalue weighted by Gasteiger charge is -2.10. The summed E-state index contributed by atoms with van der Waals surface area (Å²) >= 11 is 0. The van der Waals surface area contributed by atoms with Gasteiger partial charge in [-0.1, -0.05) is 13.8 Å². The van der Waals surface area contributed by atoms with Gasteiger partial charge in [-0.2, -0.15) is 0 Å². The molecule has 1 saturated carbocycles. The summed E-state index contributed by atoms with van der Waals surface area (Å²) in [5.74, 6) is -1.68. The van der Waals surface area contributed by atoms with Crippen molar-refractivity contribution in [1.82, 2.24) is 16.2 Å². The van der Waals surface area contributed by atoms with Gasteiger partial charge < -0.3 is 9.73 Å². The van der Waals surface area contributed by atoms with E-state index >= 15 is 0 Å². The van der Waals surface area contributed by atoms with Crippen LogP contribution < -0.4 is 16.2 Å². The van der Waals surface area contributed by atoms with E-state index < -0.39 is 17.7 Å². The quantitative estimate of drug-likeness (QED) is 0.574. The van der Waals surface area contributed by atoms with Gasteiger partial charge >= 0.3 is 11.8 Å². The number of aryl methyl sites for hydroxylation is 1. The monoisotopic (exact) mass is 357 g/mol. The predicted molar refractivity (Wildman–Crippen MR) is 96.2 cm³/mol. The van der Waals surface area contributed by atoms with Crippen LogP contribution >= 0.6 is 0 Å². The molecule has 0 radical (unpaired) electrons. The van der Waals surface area contributed by atoms with Crippen molar-refractivity contribution >= 4 is 28.7 Å². The van der Waals surface area contributed by atoms with Crippen LogP contribution in [-0.4, -0.2) is 23.8 Å². The van der Waals surface area contributed by atoms with Gasteiger partial charge in [0.1, 0.15) is 5.58 Å². The Balaban J connectivity index is 1.62. The number of furan rings is 1. The smallest absolute Gasteiger partial charge is 0.327 e. The Hall–Kier alpha value is -2.83. The Morgan fingerprint density at radius 1 is 1.15 bits per heavy atom. The summed E-state index contributed by atoms with van der Waals surface area (Å²) in [4.78, 5) is 35.3. The van der Waals surface area contributed by atoms with Gasteiger partial charge in [0.05, 0.1) is 12.7 Å². The van der Waals surface area contributed by atoms with E-state index in [1.54, 1.807) is 6.26 Å². The summed E-state index contributed by atoms with van der Waals surface area (Å²) in [7, 11) is 0. The van der Waals surface area contributed by atoms with Gasteiger partial charge in [0.25, 0.3) is 0 Å². The SMILES string of the molecule is Cc1cc2occ(CC(=O)NNC(=O)C(=O)NC3CC3)c2cc1C(C)C. The van der Waals surface area contributed by atoms with Crippen LogP contribution in [0.15, 0.2) is 22.8 Å². The highest BCUT2D eigenvalue weighted by molar-refractivity contribution is 6.35. The zero-order chi connectivity index (χ0) is 18.8. The van der Waals surface area contributed by atoms with E-state index in [1.165, 1.54) is 5.56 Å². The number of carbonyl (C=O) groups is 3. The predicted octanol–water partition coefficient (Wildman–Crippen LogP) is 1.83. The molecule has 1 aromatic carbocycles. The maximum atomic E-state index is 12.1. The van der Waals surface area contributed by atoms with Crippen LogP contribution in [0, 0.1) is 6.92 Å². The molecule has 3 rings (SSSR count). The number of hydrogen-bond donors (Lipinski definition) is 3. The molecule has 1 heterocycles. The number of amides is 3. The highest BCUT2D eigenvalue weighted by Gasteiger charge is 2.26. The second-order valence-corrected chi connectivity index (χ2v) is 7.05. The van der Waals surface area contributed by atoms with Gasteiger partial charge in [0, 0.05) is 17.0 Å². The minimum Gasteiger partial charge on any atom is -0.464 e. The molecule has 2 aromatic rings. The molecule has 0 spiro atoms. The molecule has 1 aliphatic rings. The third-order valence-electron chi connectivity index (χ3n) is 4.45. The van der Waals surface area contributed by atoms with Gasteiger partial charge in [-0.25, -0.2) is 0 Å². The number of hydrogen-bond acceptors (Lipinski definition) is 4. The van der Waals surface area contributed by atoms with Crippen molar-refractivity contribution in [1.29, 1.82) is 0 Å². The maximum absolute atomic E-state index is 12.1. The van der Waals surface area contributed by atoms with E-state index in [0.29, 0.717) is 5.92 Å². The van der Waals surface area contributed by atoms with Gasteiger partial charge in [0.2, 0.25) is 5.91 Å². The molecule has 7 heteroatoms. The largest absolute Gasteiger partial charge is 0.464 e. The average molecular weight is 357 g/mol. The average Bonchev–Trinajstić information content (AvgIpc) is 3.32. The van der Waals surface area contributed by atoms with Gasteiger partial charge in [-0.3, -0.25) is 25.2 Å². The topological polar surface area (TPSA) is 100 Å². The first kappa shape index (κ1) is 18.0. The van der Waals surface area contributed by atoms with E-state index in [1.807, 2.05) is 19.1 Å². The lowest BCUT2D eigenvalue weighted by atomic mass is 9.95. The summed E-state index contributed by atoms with van der Waals surface area (Å²) < 4.78 is 5.55. The highest BCUT2D eigenvalue weighted by Crippen LogP contribution is 2.29. The standard InChI is InChI=1S/C19H23N3O4/c1-10(2)14-8-15-12(9-26-16(15)6-11(14)3)7-17(23)21-22-19(25)18(24)20-13-4-5-13/h6,8-10,13H,4-5,7H2,1-3H3,(H,20,24)(H,21,23)(H,22,25). The fourth-order valence-corrected chi connectivity index (χ4v) is 2.88. The fourth-order valence-electron chi connectivity index (χ4n) is 2.88. The lowest BCUT2D eigenvalue weighted by molar-refractivity contribution is -0.140. The van der Waals surface area contributed by atoms with E-state index in [9.17, 15) is 14.4 Å². The van der Waals surface area contributed by atoms with Crippen molar-refractivity contribution in [3.63, 3.8) is 0 Å². The van der Waals surface area contributed by atoms with Crippen LogP contribution in [0.2, 0.25) is 0 Å². The Kier molecular flexibility index (Phi) is 4.97. The van der Waals surface area contributed by atoms with Crippen LogP contribution in [0.4, 0.5) is 0 Å². The fraction of sp³-hybridized carbons (Fsp3) is 0.421. The summed E-state index contributed by atoms with van der Waals surface area (Å²) in [6, 6.07) is 4.10. The molecule has 26 heavy (non-hydrogen) atoms. The number of hydrazine groups is 1. The lowest BCUT2D eigenvalue weighted by Crippen LogP contribution is -2.49. The molecule has 1 fully saturated rings.